The molecule has 6 heteroatoms. The van der Waals surface area contributed by atoms with Crippen LogP contribution in [0.1, 0.15) is 40.0 Å². The Bertz CT molecular complexity index is 356. The number of hydrogen-bond donors (Lipinski definition) is 1. The van der Waals surface area contributed by atoms with Gasteiger partial charge in [-0.25, -0.2) is 0 Å². The van der Waals surface area contributed by atoms with Gasteiger partial charge in [0.1, 0.15) is 11.6 Å². The molecule has 0 aromatic heterocycles. The molecule has 122 valence electrons. The number of carbonyl (C=O) groups is 2. The van der Waals surface area contributed by atoms with E-state index in [2.05, 4.69) is 5.32 Å². The summed E-state index contributed by atoms with van der Waals surface area (Å²) in [5.74, 6) is -0.0491. The van der Waals surface area contributed by atoms with E-state index < -0.39 is 11.6 Å². The van der Waals surface area contributed by atoms with Gasteiger partial charge in [-0.1, -0.05) is 20.8 Å². The van der Waals surface area contributed by atoms with Crippen LogP contribution >= 0.6 is 0 Å². The molecule has 1 aliphatic heterocycles. The van der Waals surface area contributed by atoms with Gasteiger partial charge in [-0.2, -0.15) is 0 Å². The summed E-state index contributed by atoms with van der Waals surface area (Å²) in [4.78, 5) is 26.7. The van der Waals surface area contributed by atoms with Crippen molar-refractivity contribution in [3.8, 4) is 0 Å². The molecule has 1 heterocycles. The molecule has 1 fully saturated rings. The van der Waals surface area contributed by atoms with Gasteiger partial charge in [-0.15, -0.1) is 0 Å². The maximum absolute atomic E-state index is 12.8. The van der Waals surface area contributed by atoms with Crippen molar-refractivity contribution in [2.75, 3.05) is 33.5 Å². The van der Waals surface area contributed by atoms with E-state index in [-0.39, 0.29) is 11.8 Å². The van der Waals surface area contributed by atoms with E-state index in [4.69, 9.17) is 9.47 Å². The highest BCUT2D eigenvalue weighted by atomic mass is 16.5. The second-order valence-electron chi connectivity index (χ2n) is 5.31. The van der Waals surface area contributed by atoms with Gasteiger partial charge in [0.05, 0.1) is 19.8 Å². The number of ether oxygens (including phenoxy) is 2. The van der Waals surface area contributed by atoms with Crippen molar-refractivity contribution >= 4 is 11.8 Å². The summed E-state index contributed by atoms with van der Waals surface area (Å²) >= 11 is 0. The molecule has 0 aliphatic carbocycles. The number of piperazine rings is 1. The zero-order chi connectivity index (χ0) is 15.9. The second kappa shape index (κ2) is 8.34. The Morgan fingerprint density at radius 1 is 1.14 bits per heavy atom. The molecule has 1 N–H and O–H groups in total. The number of nitrogens with one attached hydrogen (secondary N) is 1. The fraction of sp³-hybridized carbons (Fsp3) is 0.867. The molecule has 0 spiro atoms. The summed E-state index contributed by atoms with van der Waals surface area (Å²) in [6.07, 6.45) is 1.82. The lowest BCUT2D eigenvalue weighted by atomic mass is 9.86. The topological polar surface area (TPSA) is 67.9 Å². The number of amides is 2. The average Bonchev–Trinajstić information content (AvgIpc) is 2.50. The molecule has 2 amide bonds. The molecule has 0 aromatic rings. The Kier molecular flexibility index (Phi) is 7.11. The van der Waals surface area contributed by atoms with Gasteiger partial charge in [0, 0.05) is 13.7 Å². The van der Waals surface area contributed by atoms with E-state index in [1.54, 1.807) is 12.0 Å². The number of hydrogen-bond acceptors (Lipinski definition) is 4. The molecule has 1 aliphatic rings. The first kappa shape index (κ1) is 17.9. The molecule has 0 aromatic carbocycles. The summed E-state index contributed by atoms with van der Waals surface area (Å²) < 4.78 is 10.4. The predicted octanol–water partition coefficient (Wildman–Crippen LogP) is 0.945. The van der Waals surface area contributed by atoms with Gasteiger partial charge in [0.15, 0.2) is 0 Å². The van der Waals surface area contributed by atoms with Gasteiger partial charge in [-0.3, -0.25) is 9.59 Å². The quantitative estimate of drug-likeness (QED) is 0.644. The van der Waals surface area contributed by atoms with Gasteiger partial charge < -0.3 is 19.7 Å². The van der Waals surface area contributed by atoms with Crippen molar-refractivity contribution < 1.29 is 19.1 Å². The Hall–Kier alpha value is -1.14. The summed E-state index contributed by atoms with van der Waals surface area (Å²) in [5, 5.41) is 2.93. The Labute approximate surface area is 127 Å². The monoisotopic (exact) mass is 300 g/mol. The summed E-state index contributed by atoms with van der Waals surface area (Å²) in [6, 6.07) is -0.394. The molecular formula is C15H28N2O4. The van der Waals surface area contributed by atoms with Crippen molar-refractivity contribution in [3.05, 3.63) is 0 Å². The highest BCUT2D eigenvalue weighted by Gasteiger charge is 2.47. The average molecular weight is 300 g/mol. The highest BCUT2D eigenvalue weighted by Crippen LogP contribution is 2.25. The fourth-order valence-corrected chi connectivity index (χ4v) is 2.73. The maximum Gasteiger partial charge on any atom is 0.249 e. The van der Waals surface area contributed by atoms with Crippen LogP contribution < -0.4 is 5.32 Å². The van der Waals surface area contributed by atoms with E-state index in [0.717, 1.165) is 0 Å². The molecule has 1 unspecified atom stereocenters. The van der Waals surface area contributed by atoms with Gasteiger partial charge in [-0.05, 0) is 19.3 Å². The van der Waals surface area contributed by atoms with Gasteiger partial charge >= 0.3 is 0 Å². The predicted molar refractivity (Wildman–Crippen MR) is 79.9 cm³/mol. The summed E-state index contributed by atoms with van der Waals surface area (Å²) in [5.41, 5.74) is -0.755. The molecule has 1 rings (SSSR count). The summed E-state index contributed by atoms with van der Waals surface area (Å²) in [7, 11) is 1.62. The highest BCUT2D eigenvalue weighted by molar-refractivity contribution is 5.99. The van der Waals surface area contributed by atoms with Crippen molar-refractivity contribution in [2.45, 2.75) is 51.6 Å². The van der Waals surface area contributed by atoms with E-state index in [9.17, 15) is 9.59 Å². The van der Waals surface area contributed by atoms with Crippen molar-refractivity contribution in [3.63, 3.8) is 0 Å². The van der Waals surface area contributed by atoms with E-state index in [1.165, 1.54) is 0 Å². The molecule has 0 saturated carbocycles. The molecule has 21 heavy (non-hydrogen) atoms. The van der Waals surface area contributed by atoms with Gasteiger partial charge in [0.2, 0.25) is 11.8 Å². The van der Waals surface area contributed by atoms with Crippen LogP contribution in [0.25, 0.3) is 0 Å². The van der Waals surface area contributed by atoms with Crippen LogP contribution in [0.5, 0.6) is 0 Å². The first-order valence-corrected chi connectivity index (χ1v) is 7.76. The van der Waals surface area contributed by atoms with E-state index in [1.807, 2.05) is 20.8 Å². The standard InChI is InChI=1S/C15H28N2O4/c1-5-12-13(18)16-15(6-2,7-3)14(19)17(12)8-9-21-11-10-20-4/h12H,5-11H2,1-4H3,(H,16,18). The minimum atomic E-state index is -0.755. The lowest BCUT2D eigenvalue weighted by Crippen LogP contribution is -2.70. The SMILES string of the molecule is CCC1C(=O)NC(CC)(CC)C(=O)N1CCOCCOC. The number of nitrogens with zero attached hydrogens (tertiary/aromatic N) is 1. The third-order valence-electron chi connectivity index (χ3n) is 4.21. The first-order valence-electron chi connectivity index (χ1n) is 7.76. The van der Waals surface area contributed by atoms with Crippen molar-refractivity contribution in [1.82, 2.24) is 10.2 Å². The molecular weight excluding hydrogens is 272 g/mol. The molecule has 1 saturated heterocycles. The molecule has 1 atom stereocenters. The lowest BCUT2D eigenvalue weighted by molar-refractivity contribution is -0.156. The zero-order valence-corrected chi connectivity index (χ0v) is 13.6. The number of rotatable bonds is 9. The van der Waals surface area contributed by atoms with E-state index >= 15 is 0 Å². The lowest BCUT2D eigenvalue weighted by Gasteiger charge is -2.45. The van der Waals surface area contributed by atoms with Gasteiger partial charge in [0.25, 0.3) is 0 Å². The van der Waals surface area contributed by atoms with Crippen molar-refractivity contribution in [1.29, 1.82) is 0 Å². The summed E-state index contributed by atoms with van der Waals surface area (Å²) in [6.45, 7) is 7.66. The van der Waals surface area contributed by atoms with Crippen LogP contribution in [0.3, 0.4) is 0 Å². The smallest absolute Gasteiger partial charge is 0.249 e. The largest absolute Gasteiger partial charge is 0.382 e. The minimum absolute atomic E-state index is 0.00860. The van der Waals surface area contributed by atoms with Crippen LogP contribution in [0.2, 0.25) is 0 Å². The molecule has 0 radical (unpaired) electrons. The number of carbonyl (C=O) groups excluding carboxylic acids is 2. The van der Waals surface area contributed by atoms with Crippen LogP contribution in [-0.2, 0) is 19.1 Å². The molecule has 0 bridgehead atoms. The third-order valence-corrected chi connectivity index (χ3v) is 4.21. The Morgan fingerprint density at radius 2 is 1.81 bits per heavy atom. The van der Waals surface area contributed by atoms with Crippen molar-refractivity contribution in [2.24, 2.45) is 0 Å². The second-order valence-corrected chi connectivity index (χ2v) is 5.31. The van der Waals surface area contributed by atoms with Crippen LogP contribution in [-0.4, -0.2) is 61.8 Å². The Balaban J connectivity index is 2.74. The normalized spacial score (nSPS) is 21.5. The fourth-order valence-electron chi connectivity index (χ4n) is 2.73. The van der Waals surface area contributed by atoms with Crippen LogP contribution in [0.15, 0.2) is 0 Å². The molecule has 6 nitrogen and oxygen atoms in total. The van der Waals surface area contributed by atoms with Crippen LogP contribution in [0, 0.1) is 0 Å². The van der Waals surface area contributed by atoms with E-state index in [0.29, 0.717) is 45.6 Å². The Morgan fingerprint density at radius 3 is 2.33 bits per heavy atom. The maximum atomic E-state index is 12.8. The number of methoxy groups -OCH3 is 1. The van der Waals surface area contributed by atoms with Crippen LogP contribution in [0.4, 0.5) is 0 Å². The minimum Gasteiger partial charge on any atom is -0.382 e. The first-order chi connectivity index (χ1) is 10.1. The third kappa shape index (κ3) is 3.95. The zero-order valence-electron chi connectivity index (χ0n) is 13.6.